The topological polar surface area (TPSA) is 77.5 Å². The van der Waals surface area contributed by atoms with Crippen molar-refractivity contribution < 1.29 is 19.1 Å². The number of hydrogen-bond donors (Lipinski definition) is 1. The number of alkyl carbamates (subject to hydrolysis) is 1. The van der Waals surface area contributed by atoms with Crippen molar-refractivity contribution >= 4 is 12.1 Å². The lowest BCUT2D eigenvalue weighted by Gasteiger charge is -2.19. The van der Waals surface area contributed by atoms with E-state index in [9.17, 15) is 9.59 Å². The van der Waals surface area contributed by atoms with E-state index in [0.717, 1.165) is 0 Å². The van der Waals surface area contributed by atoms with Gasteiger partial charge in [-0.1, -0.05) is 0 Å². The van der Waals surface area contributed by atoms with Gasteiger partial charge in [-0.3, -0.25) is 4.98 Å². The molecule has 0 fully saturated rings. The lowest BCUT2D eigenvalue weighted by atomic mass is 10.2. The molecule has 21 heavy (non-hydrogen) atoms. The maximum Gasteiger partial charge on any atom is 0.407 e. The van der Waals surface area contributed by atoms with Gasteiger partial charge in [0.05, 0.1) is 23.9 Å². The maximum absolute atomic E-state index is 11.6. The molecule has 1 amide bonds. The third-order valence-electron chi connectivity index (χ3n) is 2.22. The van der Waals surface area contributed by atoms with E-state index in [-0.39, 0.29) is 12.6 Å². The molecule has 6 heteroatoms. The molecular formula is C15H22N2O4. The van der Waals surface area contributed by atoms with E-state index in [1.54, 1.807) is 46.8 Å². The number of rotatable bonds is 4. The van der Waals surface area contributed by atoms with Gasteiger partial charge in [0.1, 0.15) is 5.60 Å². The zero-order valence-corrected chi connectivity index (χ0v) is 13.1. The van der Waals surface area contributed by atoms with Gasteiger partial charge >= 0.3 is 12.1 Å². The molecule has 1 rings (SSSR count). The van der Waals surface area contributed by atoms with Crippen LogP contribution in [0.5, 0.6) is 0 Å². The minimum atomic E-state index is -0.540. The van der Waals surface area contributed by atoms with Gasteiger partial charge < -0.3 is 14.8 Å². The number of aromatic nitrogens is 1. The zero-order chi connectivity index (χ0) is 16.0. The summed E-state index contributed by atoms with van der Waals surface area (Å²) in [7, 11) is 0. The molecule has 0 aliphatic heterocycles. The first-order chi connectivity index (χ1) is 9.67. The molecule has 1 aromatic heterocycles. The molecule has 0 unspecified atom stereocenters. The number of carbonyl (C=O) groups excluding carboxylic acids is 2. The second-order valence-electron chi connectivity index (χ2n) is 5.85. The molecule has 0 aliphatic carbocycles. The second kappa shape index (κ2) is 7.06. The quantitative estimate of drug-likeness (QED) is 0.864. The smallest absolute Gasteiger partial charge is 0.407 e. The van der Waals surface area contributed by atoms with Crippen LogP contribution in [0.1, 0.15) is 50.7 Å². The molecule has 0 atom stereocenters. The van der Waals surface area contributed by atoms with Crippen LogP contribution >= 0.6 is 0 Å². The van der Waals surface area contributed by atoms with Crippen LogP contribution in [-0.2, 0) is 16.0 Å². The van der Waals surface area contributed by atoms with Crippen LogP contribution in [0.25, 0.3) is 0 Å². The first-order valence-corrected chi connectivity index (χ1v) is 6.80. The van der Waals surface area contributed by atoms with Gasteiger partial charge in [0, 0.05) is 6.20 Å². The van der Waals surface area contributed by atoms with Crippen LogP contribution in [-0.4, -0.2) is 28.8 Å². The Morgan fingerprint density at radius 3 is 2.43 bits per heavy atom. The number of pyridine rings is 1. The summed E-state index contributed by atoms with van der Waals surface area (Å²) in [5.74, 6) is -0.413. The summed E-state index contributed by atoms with van der Waals surface area (Å²) in [4.78, 5) is 27.2. The number of hydrogen-bond acceptors (Lipinski definition) is 5. The van der Waals surface area contributed by atoms with Crippen molar-refractivity contribution in [1.29, 1.82) is 0 Å². The van der Waals surface area contributed by atoms with Crippen molar-refractivity contribution in [2.75, 3.05) is 0 Å². The second-order valence-corrected chi connectivity index (χ2v) is 5.85. The minimum absolute atomic E-state index is 0.175. The molecular weight excluding hydrogens is 272 g/mol. The van der Waals surface area contributed by atoms with Crippen LogP contribution in [0.2, 0.25) is 0 Å². The summed E-state index contributed by atoms with van der Waals surface area (Å²) in [5, 5.41) is 2.60. The van der Waals surface area contributed by atoms with E-state index in [1.165, 1.54) is 6.20 Å². The number of carbonyl (C=O) groups is 2. The first-order valence-electron chi connectivity index (χ1n) is 6.80. The molecule has 0 aromatic carbocycles. The van der Waals surface area contributed by atoms with Crippen molar-refractivity contribution in [3.05, 3.63) is 29.6 Å². The number of ether oxygens (including phenoxy) is 2. The predicted molar refractivity (Wildman–Crippen MR) is 77.9 cm³/mol. The molecule has 1 N–H and O–H groups in total. The van der Waals surface area contributed by atoms with Crippen LogP contribution in [0.4, 0.5) is 4.79 Å². The molecule has 1 aromatic rings. The molecule has 1 heterocycles. The lowest BCUT2D eigenvalue weighted by Crippen LogP contribution is -2.32. The summed E-state index contributed by atoms with van der Waals surface area (Å²) in [6, 6.07) is 3.28. The van der Waals surface area contributed by atoms with Gasteiger partial charge in [-0.25, -0.2) is 9.59 Å². The van der Waals surface area contributed by atoms with Gasteiger partial charge in [-0.15, -0.1) is 0 Å². The average Bonchev–Trinajstić information content (AvgIpc) is 2.34. The fourth-order valence-corrected chi connectivity index (χ4v) is 1.41. The highest BCUT2D eigenvalue weighted by Gasteiger charge is 2.16. The summed E-state index contributed by atoms with van der Waals surface area (Å²) >= 11 is 0. The number of esters is 1. The molecule has 0 aliphatic rings. The zero-order valence-electron chi connectivity index (χ0n) is 13.1. The Morgan fingerprint density at radius 2 is 1.95 bits per heavy atom. The van der Waals surface area contributed by atoms with Crippen LogP contribution in [0, 0.1) is 0 Å². The normalized spacial score (nSPS) is 11.1. The number of amides is 1. The average molecular weight is 294 g/mol. The SMILES string of the molecule is CC(C)OC(=O)c1ccc(CNC(=O)OC(C)(C)C)nc1. The maximum atomic E-state index is 11.6. The van der Waals surface area contributed by atoms with Gasteiger partial charge in [-0.2, -0.15) is 0 Å². The summed E-state index contributed by atoms with van der Waals surface area (Å²) in [6.45, 7) is 9.17. The lowest BCUT2D eigenvalue weighted by molar-refractivity contribution is 0.0376. The minimum Gasteiger partial charge on any atom is -0.459 e. The van der Waals surface area contributed by atoms with Crippen LogP contribution in [0.3, 0.4) is 0 Å². The van der Waals surface area contributed by atoms with Crippen LogP contribution < -0.4 is 5.32 Å². The van der Waals surface area contributed by atoms with Gasteiger partial charge in [0.25, 0.3) is 0 Å². The predicted octanol–water partition coefficient (Wildman–Crippen LogP) is 2.67. The highest BCUT2D eigenvalue weighted by molar-refractivity contribution is 5.89. The highest BCUT2D eigenvalue weighted by atomic mass is 16.6. The van der Waals surface area contributed by atoms with Crippen LogP contribution in [0.15, 0.2) is 18.3 Å². The molecule has 0 saturated heterocycles. The Bertz CT molecular complexity index is 489. The van der Waals surface area contributed by atoms with Gasteiger partial charge in [0.2, 0.25) is 0 Å². The highest BCUT2D eigenvalue weighted by Crippen LogP contribution is 2.07. The fraction of sp³-hybridized carbons (Fsp3) is 0.533. The standard InChI is InChI=1S/C15H22N2O4/c1-10(2)20-13(18)11-6-7-12(16-8-11)9-17-14(19)21-15(3,4)5/h6-8,10H,9H2,1-5H3,(H,17,19). The van der Waals surface area contributed by atoms with Crippen molar-refractivity contribution in [3.8, 4) is 0 Å². The van der Waals surface area contributed by atoms with Crippen molar-refractivity contribution in [2.45, 2.75) is 52.9 Å². The third-order valence-corrected chi connectivity index (χ3v) is 2.22. The number of nitrogens with zero attached hydrogens (tertiary/aromatic N) is 1. The summed E-state index contributed by atoms with van der Waals surface area (Å²) < 4.78 is 10.2. The van der Waals surface area contributed by atoms with Crippen molar-refractivity contribution in [3.63, 3.8) is 0 Å². The summed E-state index contributed by atoms with van der Waals surface area (Å²) in [5.41, 5.74) is 0.466. The Morgan fingerprint density at radius 1 is 1.29 bits per heavy atom. The number of nitrogens with one attached hydrogen (secondary N) is 1. The van der Waals surface area contributed by atoms with E-state index < -0.39 is 17.7 Å². The molecule has 0 spiro atoms. The molecule has 0 saturated carbocycles. The third kappa shape index (κ3) is 6.74. The van der Waals surface area contributed by atoms with Crippen molar-refractivity contribution in [1.82, 2.24) is 10.3 Å². The van der Waals surface area contributed by atoms with Crippen molar-refractivity contribution in [2.24, 2.45) is 0 Å². The first kappa shape index (κ1) is 16.9. The van der Waals surface area contributed by atoms with E-state index in [1.807, 2.05) is 0 Å². The van der Waals surface area contributed by atoms with Gasteiger partial charge in [0.15, 0.2) is 0 Å². The molecule has 6 nitrogen and oxygen atoms in total. The van der Waals surface area contributed by atoms with E-state index in [0.29, 0.717) is 11.3 Å². The largest absolute Gasteiger partial charge is 0.459 e. The molecule has 0 radical (unpaired) electrons. The Labute approximate surface area is 124 Å². The van der Waals surface area contributed by atoms with E-state index in [2.05, 4.69) is 10.3 Å². The Balaban J connectivity index is 2.52. The fourth-order valence-electron chi connectivity index (χ4n) is 1.41. The monoisotopic (exact) mass is 294 g/mol. The Hall–Kier alpha value is -2.11. The molecule has 116 valence electrons. The Kier molecular flexibility index (Phi) is 5.69. The van der Waals surface area contributed by atoms with Gasteiger partial charge in [-0.05, 0) is 46.8 Å². The van der Waals surface area contributed by atoms with E-state index >= 15 is 0 Å². The molecule has 0 bridgehead atoms. The summed E-state index contributed by atoms with van der Waals surface area (Å²) in [6.07, 6.45) is 0.746. The van der Waals surface area contributed by atoms with E-state index in [4.69, 9.17) is 9.47 Å².